The number of nitrogens with one attached hydrogen (secondary N) is 1. The zero-order chi connectivity index (χ0) is 22.4. The second-order valence-electron chi connectivity index (χ2n) is 8.85. The average Bonchev–Trinajstić information content (AvgIpc) is 2.86. The van der Waals surface area contributed by atoms with Gasteiger partial charge in [0.25, 0.3) is 11.4 Å². The molecule has 5 heterocycles. The minimum Gasteiger partial charge on any atom is -0.484 e. The predicted octanol–water partition coefficient (Wildman–Crippen LogP) is 1.28. The topological polar surface area (TPSA) is 94.4 Å². The maximum Gasteiger partial charge on any atom is 0.276 e. The van der Waals surface area contributed by atoms with Crippen LogP contribution in [0.15, 0.2) is 29.2 Å². The maximum absolute atomic E-state index is 14.6. The number of nitrogens with zero attached hydrogens (tertiary/aromatic N) is 5. The number of halogens is 1. The van der Waals surface area contributed by atoms with Crippen molar-refractivity contribution in [3.63, 3.8) is 0 Å². The number of hydrogen-bond acceptors (Lipinski definition) is 8. The monoisotopic (exact) mass is 452 g/mol. The van der Waals surface area contributed by atoms with Crippen LogP contribution < -0.4 is 20.3 Å². The molecule has 1 unspecified atom stereocenters. The molecule has 9 nitrogen and oxygen atoms in total. The molecular formula is C23H25FN6O3. The molecular weight excluding hydrogens is 427 g/mol. The minimum absolute atomic E-state index is 0.0994. The molecule has 0 amide bonds. The summed E-state index contributed by atoms with van der Waals surface area (Å²) in [4.78, 5) is 19.1. The normalized spacial score (nSPS) is 20.8. The molecule has 6 rings (SSSR count). The number of hydrogen-bond donors (Lipinski definition) is 1. The molecule has 0 spiro atoms. The third-order valence-corrected chi connectivity index (χ3v) is 6.86. The van der Waals surface area contributed by atoms with Crippen molar-refractivity contribution in [3.05, 3.63) is 51.8 Å². The molecule has 1 saturated heterocycles. The van der Waals surface area contributed by atoms with Gasteiger partial charge in [-0.15, -0.1) is 5.10 Å². The van der Waals surface area contributed by atoms with Gasteiger partial charge in [-0.25, -0.2) is 9.37 Å². The summed E-state index contributed by atoms with van der Waals surface area (Å²) < 4.78 is 27.3. The van der Waals surface area contributed by atoms with E-state index in [1.807, 2.05) is 6.07 Å². The van der Waals surface area contributed by atoms with Gasteiger partial charge in [0.1, 0.15) is 19.0 Å². The Bertz CT molecular complexity index is 1260. The van der Waals surface area contributed by atoms with Crippen molar-refractivity contribution in [2.45, 2.75) is 44.4 Å². The first-order valence-electron chi connectivity index (χ1n) is 11.4. The van der Waals surface area contributed by atoms with E-state index in [0.717, 1.165) is 31.6 Å². The highest BCUT2D eigenvalue weighted by Crippen LogP contribution is 2.29. The number of benzene rings is 1. The molecule has 172 valence electrons. The first-order valence-corrected chi connectivity index (χ1v) is 11.4. The highest BCUT2D eigenvalue weighted by atomic mass is 19.1. The van der Waals surface area contributed by atoms with Crippen LogP contribution in [-0.2, 0) is 19.5 Å². The van der Waals surface area contributed by atoms with Crippen LogP contribution in [-0.4, -0.2) is 63.0 Å². The number of rotatable bonds is 4. The highest BCUT2D eigenvalue weighted by Gasteiger charge is 2.31. The summed E-state index contributed by atoms with van der Waals surface area (Å²) >= 11 is 0. The fourth-order valence-electron chi connectivity index (χ4n) is 5.14. The Balaban J connectivity index is 1.09. The third kappa shape index (κ3) is 3.83. The average molecular weight is 452 g/mol. The molecule has 3 aromatic rings. The second-order valence-corrected chi connectivity index (χ2v) is 8.85. The largest absolute Gasteiger partial charge is 0.484 e. The number of aromatic nitrogens is 4. The summed E-state index contributed by atoms with van der Waals surface area (Å²) in [5.74, 6) is 0.841. The van der Waals surface area contributed by atoms with E-state index in [4.69, 9.17) is 9.47 Å². The van der Waals surface area contributed by atoms with Gasteiger partial charge in [-0.3, -0.25) is 9.69 Å². The van der Waals surface area contributed by atoms with Crippen LogP contribution in [0, 0.1) is 5.82 Å². The Hall–Kier alpha value is -3.11. The second kappa shape index (κ2) is 8.35. The Labute approximate surface area is 189 Å². The van der Waals surface area contributed by atoms with Gasteiger partial charge in [0.05, 0.1) is 22.9 Å². The van der Waals surface area contributed by atoms with Crippen molar-refractivity contribution in [1.29, 1.82) is 0 Å². The Morgan fingerprint density at radius 3 is 2.88 bits per heavy atom. The number of ether oxygens (including phenoxy) is 2. The van der Waals surface area contributed by atoms with Gasteiger partial charge in [0.15, 0.2) is 5.75 Å². The van der Waals surface area contributed by atoms with Gasteiger partial charge < -0.3 is 19.4 Å². The van der Waals surface area contributed by atoms with E-state index in [-0.39, 0.29) is 17.4 Å². The summed E-state index contributed by atoms with van der Waals surface area (Å²) in [6.07, 6.45) is 3.88. The van der Waals surface area contributed by atoms with Crippen molar-refractivity contribution < 1.29 is 13.9 Å². The minimum atomic E-state index is -0.259. The van der Waals surface area contributed by atoms with Crippen molar-refractivity contribution >= 4 is 11.0 Å². The molecule has 33 heavy (non-hydrogen) atoms. The molecule has 1 N–H and O–H groups in total. The molecule has 0 radical (unpaired) electrons. The van der Waals surface area contributed by atoms with Crippen LogP contribution in [0.25, 0.3) is 11.0 Å². The van der Waals surface area contributed by atoms with Crippen LogP contribution in [0.4, 0.5) is 4.39 Å². The highest BCUT2D eigenvalue weighted by molar-refractivity contribution is 5.79. The van der Waals surface area contributed by atoms with E-state index in [1.54, 1.807) is 10.6 Å². The van der Waals surface area contributed by atoms with Crippen molar-refractivity contribution in [2.24, 2.45) is 0 Å². The van der Waals surface area contributed by atoms with Crippen LogP contribution in [0.3, 0.4) is 0 Å². The molecule has 0 aliphatic carbocycles. The van der Waals surface area contributed by atoms with Crippen LogP contribution in [0.2, 0.25) is 0 Å². The van der Waals surface area contributed by atoms with Crippen molar-refractivity contribution in [3.8, 4) is 11.6 Å². The van der Waals surface area contributed by atoms with Gasteiger partial charge in [-0.05, 0) is 44.5 Å². The molecule has 2 aromatic heterocycles. The lowest BCUT2D eigenvalue weighted by molar-refractivity contribution is 0.125. The Morgan fingerprint density at radius 2 is 2.00 bits per heavy atom. The fraction of sp³-hybridized carbons (Fsp3) is 0.478. The smallest absolute Gasteiger partial charge is 0.276 e. The van der Waals surface area contributed by atoms with Gasteiger partial charge in [0, 0.05) is 36.8 Å². The number of likely N-dealkylation sites (tertiary alicyclic amines) is 1. The number of piperidine rings is 1. The van der Waals surface area contributed by atoms with Crippen LogP contribution in [0.1, 0.15) is 24.1 Å². The Morgan fingerprint density at radius 1 is 1.15 bits per heavy atom. The molecule has 3 aliphatic heterocycles. The lowest BCUT2D eigenvalue weighted by atomic mass is 9.95. The van der Waals surface area contributed by atoms with E-state index in [9.17, 15) is 9.18 Å². The van der Waals surface area contributed by atoms with E-state index in [1.165, 1.54) is 12.3 Å². The lowest BCUT2D eigenvalue weighted by Gasteiger charge is -2.40. The zero-order valence-electron chi connectivity index (χ0n) is 18.2. The molecule has 1 aromatic carbocycles. The van der Waals surface area contributed by atoms with E-state index in [2.05, 4.69) is 25.4 Å². The molecule has 1 fully saturated rings. The zero-order valence-corrected chi connectivity index (χ0v) is 18.2. The molecule has 0 bridgehead atoms. The summed E-state index contributed by atoms with van der Waals surface area (Å²) in [5, 5.41) is 11.9. The summed E-state index contributed by atoms with van der Waals surface area (Å²) in [7, 11) is 0. The van der Waals surface area contributed by atoms with E-state index >= 15 is 0 Å². The molecule has 0 saturated carbocycles. The fourth-order valence-corrected chi connectivity index (χ4v) is 5.14. The van der Waals surface area contributed by atoms with E-state index in [0.29, 0.717) is 67.0 Å². The summed E-state index contributed by atoms with van der Waals surface area (Å²) in [5.41, 5.74) is 2.58. The number of fused-ring (bicyclic) bond motifs is 1. The van der Waals surface area contributed by atoms with E-state index < -0.39 is 0 Å². The SMILES string of the molecule is O=c1cnc2ccc(F)c3c2n1CC(N1CCC(NCc2cc4c(nn2)OCCO4)CC1)C3. The summed E-state index contributed by atoms with van der Waals surface area (Å²) in [6.45, 7) is 3.98. The molecule has 10 heteroatoms. The quantitative estimate of drug-likeness (QED) is 0.633. The molecule has 1 atom stereocenters. The predicted molar refractivity (Wildman–Crippen MR) is 118 cm³/mol. The summed E-state index contributed by atoms with van der Waals surface area (Å²) in [6, 6.07) is 5.44. The standard InChI is InChI=1S/C23H25FN6O3/c24-18-1-2-19-22-17(18)10-16(13-30(22)21(31)12-26-19)29-5-3-14(4-6-29)25-11-15-9-20-23(28-27-15)33-8-7-32-20/h1-2,9,12,14,16,25H,3-8,10-11,13H2. The maximum atomic E-state index is 14.6. The van der Waals surface area contributed by atoms with Crippen molar-refractivity contribution in [2.75, 3.05) is 26.3 Å². The molecule has 3 aliphatic rings. The lowest BCUT2D eigenvalue weighted by Crippen LogP contribution is -2.50. The Kier molecular flexibility index (Phi) is 5.18. The van der Waals surface area contributed by atoms with Gasteiger partial charge in [-0.2, -0.15) is 5.10 Å². The first-order chi connectivity index (χ1) is 16.2. The van der Waals surface area contributed by atoms with Gasteiger partial charge in [0.2, 0.25) is 0 Å². The third-order valence-electron chi connectivity index (χ3n) is 6.86. The van der Waals surface area contributed by atoms with Gasteiger partial charge >= 0.3 is 0 Å². The van der Waals surface area contributed by atoms with Gasteiger partial charge in [-0.1, -0.05) is 0 Å². The van der Waals surface area contributed by atoms with Crippen LogP contribution in [0.5, 0.6) is 11.6 Å². The first kappa shape index (κ1) is 20.5. The van der Waals surface area contributed by atoms with Crippen LogP contribution >= 0.6 is 0 Å². The van der Waals surface area contributed by atoms with Crippen molar-refractivity contribution in [1.82, 2.24) is 30.0 Å².